The van der Waals surface area contributed by atoms with Gasteiger partial charge >= 0.3 is 5.97 Å². The highest BCUT2D eigenvalue weighted by atomic mass is 127. The second-order valence-corrected chi connectivity index (χ2v) is 4.41. The van der Waals surface area contributed by atoms with Crippen LogP contribution in [-0.2, 0) is 4.74 Å². The smallest absolute Gasteiger partial charge is 0.340 e. The molecule has 0 saturated heterocycles. The van der Waals surface area contributed by atoms with Gasteiger partial charge < -0.3 is 4.74 Å². The van der Waals surface area contributed by atoms with Crippen LogP contribution in [0.25, 0.3) is 0 Å². The molecular formula is C10H8INO2S. The molecular weight excluding hydrogens is 325 g/mol. The molecule has 1 aromatic carbocycles. The quantitative estimate of drug-likeness (QED) is 0.514. The maximum absolute atomic E-state index is 11.5. The topological polar surface area (TPSA) is 50.1 Å². The van der Waals surface area contributed by atoms with E-state index >= 15 is 0 Å². The van der Waals surface area contributed by atoms with Crippen LogP contribution in [0.2, 0.25) is 0 Å². The minimum atomic E-state index is -0.504. The maximum Gasteiger partial charge on any atom is 0.340 e. The van der Waals surface area contributed by atoms with Gasteiger partial charge in [0.25, 0.3) is 0 Å². The van der Waals surface area contributed by atoms with Crippen LogP contribution in [0.5, 0.6) is 0 Å². The third kappa shape index (κ3) is 2.86. The predicted octanol–water partition coefficient (Wildman–Crippen LogP) is 2.63. The van der Waals surface area contributed by atoms with Crippen molar-refractivity contribution in [1.82, 2.24) is 0 Å². The lowest BCUT2D eigenvalue weighted by atomic mass is 10.1. The van der Waals surface area contributed by atoms with Crippen molar-refractivity contribution in [3.8, 4) is 6.07 Å². The number of nitriles is 1. The predicted molar refractivity (Wildman–Crippen MR) is 67.1 cm³/mol. The molecule has 0 aromatic heterocycles. The van der Waals surface area contributed by atoms with Gasteiger partial charge in [0.15, 0.2) is 0 Å². The van der Waals surface area contributed by atoms with Gasteiger partial charge in [0.1, 0.15) is 6.07 Å². The fourth-order valence-electron chi connectivity index (χ4n) is 1.10. The molecule has 78 valence electrons. The summed E-state index contributed by atoms with van der Waals surface area (Å²) in [6.07, 6.45) is 0. The zero-order valence-electron chi connectivity index (χ0n) is 7.95. The van der Waals surface area contributed by atoms with E-state index in [1.807, 2.05) is 6.07 Å². The Kier molecular flexibility index (Phi) is 4.42. The highest BCUT2D eigenvalue weighted by Gasteiger charge is 2.16. The second kappa shape index (κ2) is 5.37. The van der Waals surface area contributed by atoms with Crippen molar-refractivity contribution in [2.45, 2.75) is 11.8 Å². The third-order valence-electron chi connectivity index (χ3n) is 1.68. The van der Waals surface area contributed by atoms with Gasteiger partial charge in [0.2, 0.25) is 0 Å². The van der Waals surface area contributed by atoms with Gasteiger partial charge in [-0.25, -0.2) is 4.79 Å². The van der Waals surface area contributed by atoms with E-state index in [1.54, 1.807) is 19.1 Å². The number of thiol groups is 1. The number of carbonyl (C=O) groups is 1. The number of ether oxygens (including phenoxy) is 1. The van der Waals surface area contributed by atoms with E-state index in [9.17, 15) is 4.79 Å². The van der Waals surface area contributed by atoms with Crippen LogP contribution in [0.15, 0.2) is 17.0 Å². The van der Waals surface area contributed by atoms with E-state index in [-0.39, 0.29) is 12.2 Å². The normalized spacial score (nSPS) is 9.47. The number of carbonyl (C=O) groups excluding carboxylic acids is 1. The molecule has 0 spiro atoms. The molecule has 0 saturated carbocycles. The minimum Gasteiger partial charge on any atom is -0.462 e. The Morgan fingerprint density at radius 2 is 2.33 bits per heavy atom. The summed E-state index contributed by atoms with van der Waals surface area (Å²) in [5.41, 5.74) is 0.536. The van der Waals surface area contributed by atoms with Crippen LogP contribution in [-0.4, -0.2) is 12.6 Å². The molecule has 1 rings (SSSR count). The zero-order chi connectivity index (χ0) is 11.4. The zero-order valence-corrected chi connectivity index (χ0v) is 11.0. The molecule has 0 radical (unpaired) electrons. The largest absolute Gasteiger partial charge is 0.462 e. The van der Waals surface area contributed by atoms with Gasteiger partial charge in [0, 0.05) is 8.47 Å². The molecule has 0 fully saturated rings. The Morgan fingerprint density at radius 3 is 2.87 bits per heavy atom. The molecule has 5 heteroatoms. The number of benzene rings is 1. The molecule has 0 aliphatic rings. The maximum atomic E-state index is 11.5. The molecule has 15 heavy (non-hydrogen) atoms. The van der Waals surface area contributed by atoms with Crippen molar-refractivity contribution >= 4 is 41.2 Å². The molecule has 0 heterocycles. The molecule has 0 N–H and O–H groups in total. The van der Waals surface area contributed by atoms with E-state index in [0.29, 0.717) is 10.5 Å². The first kappa shape index (κ1) is 12.3. The summed E-state index contributed by atoms with van der Waals surface area (Å²) >= 11 is 6.23. The highest BCUT2D eigenvalue weighted by molar-refractivity contribution is 14.1. The number of hydrogen-bond donors (Lipinski definition) is 1. The monoisotopic (exact) mass is 333 g/mol. The Hall–Kier alpha value is -0.740. The first-order valence-electron chi connectivity index (χ1n) is 4.19. The van der Waals surface area contributed by atoms with Crippen LogP contribution in [0.3, 0.4) is 0 Å². The van der Waals surface area contributed by atoms with Gasteiger partial charge in [-0.3, -0.25) is 0 Å². The lowest BCUT2D eigenvalue weighted by molar-refractivity contribution is 0.0522. The van der Waals surface area contributed by atoms with Gasteiger partial charge in [-0.1, -0.05) is 0 Å². The Balaban J connectivity index is 3.28. The SMILES string of the molecule is CCOC(=O)c1c(S)cc(I)cc1C#N. The Labute approximate surface area is 107 Å². The number of nitrogens with zero attached hydrogens (tertiary/aromatic N) is 1. The van der Waals surface area contributed by atoms with Crippen LogP contribution in [0, 0.1) is 14.9 Å². The lowest BCUT2D eigenvalue weighted by Crippen LogP contribution is -2.08. The van der Waals surface area contributed by atoms with Crippen molar-refractivity contribution in [3.63, 3.8) is 0 Å². The van der Waals surface area contributed by atoms with Crippen molar-refractivity contribution in [1.29, 1.82) is 5.26 Å². The number of esters is 1. The first-order chi connectivity index (χ1) is 7.10. The average Bonchev–Trinajstić information content (AvgIpc) is 2.16. The standard InChI is InChI=1S/C10H8INO2S/c1-2-14-10(13)9-6(5-12)3-7(11)4-8(9)15/h3-4,15H,2H2,1H3. The minimum absolute atomic E-state index is 0.239. The molecule has 0 atom stereocenters. The van der Waals surface area contributed by atoms with E-state index in [1.165, 1.54) is 0 Å². The van der Waals surface area contributed by atoms with E-state index in [4.69, 9.17) is 10.00 Å². The Bertz CT molecular complexity index is 440. The summed E-state index contributed by atoms with van der Waals surface area (Å²) in [7, 11) is 0. The third-order valence-corrected chi connectivity index (χ3v) is 2.66. The molecule has 0 aliphatic carbocycles. The van der Waals surface area contributed by atoms with Gasteiger partial charge in [-0.2, -0.15) is 5.26 Å². The molecule has 3 nitrogen and oxygen atoms in total. The van der Waals surface area contributed by atoms with Gasteiger partial charge in [0.05, 0.1) is 17.7 Å². The molecule has 1 aromatic rings. The molecule has 0 aliphatic heterocycles. The molecule has 0 amide bonds. The van der Waals surface area contributed by atoms with Crippen LogP contribution in [0.4, 0.5) is 0 Å². The number of hydrogen-bond acceptors (Lipinski definition) is 4. The number of halogens is 1. The van der Waals surface area contributed by atoms with Crippen molar-refractivity contribution in [3.05, 3.63) is 26.8 Å². The van der Waals surface area contributed by atoms with E-state index in [2.05, 4.69) is 35.2 Å². The summed E-state index contributed by atoms with van der Waals surface area (Å²) in [5, 5.41) is 8.89. The fraction of sp³-hybridized carbons (Fsp3) is 0.200. The van der Waals surface area contributed by atoms with Gasteiger partial charge in [-0.15, -0.1) is 12.6 Å². The van der Waals surface area contributed by atoms with Crippen molar-refractivity contribution in [2.75, 3.05) is 6.61 Å². The number of rotatable bonds is 2. The first-order valence-corrected chi connectivity index (χ1v) is 5.72. The summed E-state index contributed by atoms with van der Waals surface area (Å²) < 4.78 is 5.71. The summed E-state index contributed by atoms with van der Waals surface area (Å²) in [5.74, 6) is -0.504. The fourth-order valence-corrected chi connectivity index (χ4v) is 2.32. The van der Waals surface area contributed by atoms with Crippen LogP contribution in [0.1, 0.15) is 22.8 Å². The molecule has 0 bridgehead atoms. The van der Waals surface area contributed by atoms with Crippen molar-refractivity contribution < 1.29 is 9.53 Å². The van der Waals surface area contributed by atoms with E-state index < -0.39 is 5.97 Å². The summed E-state index contributed by atoms with van der Waals surface area (Å²) in [6, 6.07) is 5.31. The summed E-state index contributed by atoms with van der Waals surface area (Å²) in [6.45, 7) is 2.00. The van der Waals surface area contributed by atoms with Crippen molar-refractivity contribution in [2.24, 2.45) is 0 Å². The van der Waals surface area contributed by atoms with Gasteiger partial charge in [-0.05, 0) is 41.6 Å². The summed E-state index contributed by atoms with van der Waals surface area (Å²) in [4.78, 5) is 12.0. The Morgan fingerprint density at radius 1 is 1.67 bits per heavy atom. The highest BCUT2D eigenvalue weighted by Crippen LogP contribution is 2.22. The van der Waals surface area contributed by atoms with Crippen LogP contribution < -0.4 is 0 Å². The van der Waals surface area contributed by atoms with Crippen LogP contribution >= 0.6 is 35.2 Å². The second-order valence-electron chi connectivity index (χ2n) is 2.68. The molecule has 0 unspecified atom stereocenters. The lowest BCUT2D eigenvalue weighted by Gasteiger charge is -2.07. The average molecular weight is 333 g/mol. The van der Waals surface area contributed by atoms with E-state index in [0.717, 1.165) is 3.57 Å².